The molecule has 3 aromatic rings. The lowest BCUT2D eigenvalue weighted by Gasteiger charge is -2.31. The third-order valence-electron chi connectivity index (χ3n) is 5.27. The van der Waals surface area contributed by atoms with E-state index in [1.54, 1.807) is 12.1 Å². The molecule has 0 bridgehead atoms. The summed E-state index contributed by atoms with van der Waals surface area (Å²) in [6.07, 6.45) is 8.25. The minimum Gasteiger partial charge on any atom is -0.342 e. The SMILES string of the molecule is CN(C(=O)Cc1csc2nc(-c3ccc(F)cc3)cn12)C1CCCCC1. The molecule has 0 aliphatic heterocycles. The van der Waals surface area contributed by atoms with E-state index in [1.807, 2.05) is 27.9 Å². The van der Waals surface area contributed by atoms with Gasteiger partial charge in [0.25, 0.3) is 0 Å². The smallest absolute Gasteiger partial charge is 0.228 e. The standard InChI is InChI=1S/C20H22FN3OS/c1-23(16-5-3-2-4-6-16)19(25)11-17-13-26-20-22-18(12-24(17)20)14-7-9-15(21)10-8-14/h7-10,12-13,16H,2-6,11H2,1H3. The molecule has 2 heterocycles. The van der Waals surface area contributed by atoms with Crippen LogP contribution < -0.4 is 0 Å². The highest BCUT2D eigenvalue weighted by Gasteiger charge is 2.23. The number of carbonyl (C=O) groups excluding carboxylic acids is 1. The van der Waals surface area contributed by atoms with Gasteiger partial charge in [0, 0.05) is 35.9 Å². The molecule has 1 amide bonds. The van der Waals surface area contributed by atoms with Gasteiger partial charge in [-0.15, -0.1) is 11.3 Å². The normalized spacial score (nSPS) is 15.5. The van der Waals surface area contributed by atoms with Crippen molar-refractivity contribution in [3.8, 4) is 11.3 Å². The van der Waals surface area contributed by atoms with Gasteiger partial charge in [0.2, 0.25) is 5.91 Å². The summed E-state index contributed by atoms with van der Waals surface area (Å²) in [6, 6.07) is 6.70. The molecule has 0 atom stereocenters. The second-order valence-corrected chi connectivity index (χ2v) is 7.82. The molecule has 0 radical (unpaired) electrons. The molecule has 0 spiro atoms. The van der Waals surface area contributed by atoms with Gasteiger partial charge >= 0.3 is 0 Å². The van der Waals surface area contributed by atoms with E-state index in [0.717, 1.165) is 34.8 Å². The van der Waals surface area contributed by atoms with Gasteiger partial charge in [0.05, 0.1) is 12.1 Å². The zero-order valence-corrected chi connectivity index (χ0v) is 15.6. The predicted molar refractivity (Wildman–Crippen MR) is 102 cm³/mol. The van der Waals surface area contributed by atoms with Crippen molar-refractivity contribution in [3.05, 3.63) is 47.4 Å². The summed E-state index contributed by atoms with van der Waals surface area (Å²) in [5, 5.41) is 2.00. The first-order chi connectivity index (χ1) is 12.6. The van der Waals surface area contributed by atoms with E-state index in [9.17, 15) is 9.18 Å². The van der Waals surface area contributed by atoms with E-state index in [1.165, 1.54) is 42.7 Å². The van der Waals surface area contributed by atoms with Crippen LogP contribution in [0.2, 0.25) is 0 Å². The number of hydrogen-bond donors (Lipinski definition) is 0. The van der Waals surface area contributed by atoms with E-state index in [0.29, 0.717) is 12.5 Å². The van der Waals surface area contributed by atoms with Gasteiger partial charge in [-0.25, -0.2) is 9.37 Å². The van der Waals surface area contributed by atoms with Crippen molar-refractivity contribution in [2.75, 3.05) is 7.05 Å². The van der Waals surface area contributed by atoms with Crippen LogP contribution in [0.25, 0.3) is 16.2 Å². The van der Waals surface area contributed by atoms with Crippen LogP contribution in [0.3, 0.4) is 0 Å². The summed E-state index contributed by atoms with van der Waals surface area (Å²) in [4.78, 5) is 20.1. The summed E-state index contributed by atoms with van der Waals surface area (Å²) in [5.41, 5.74) is 2.63. The highest BCUT2D eigenvalue weighted by molar-refractivity contribution is 7.15. The lowest BCUT2D eigenvalue weighted by Crippen LogP contribution is -2.39. The topological polar surface area (TPSA) is 37.6 Å². The van der Waals surface area contributed by atoms with E-state index in [2.05, 4.69) is 4.98 Å². The quantitative estimate of drug-likeness (QED) is 0.675. The molecule has 0 unspecified atom stereocenters. The number of nitrogens with zero attached hydrogens (tertiary/aromatic N) is 3. The van der Waals surface area contributed by atoms with Crippen molar-refractivity contribution in [3.63, 3.8) is 0 Å². The van der Waals surface area contributed by atoms with Crippen LogP contribution in [0.15, 0.2) is 35.8 Å². The third kappa shape index (κ3) is 3.38. The number of hydrogen-bond acceptors (Lipinski definition) is 3. The van der Waals surface area contributed by atoms with Crippen LogP contribution in [0, 0.1) is 5.82 Å². The van der Waals surface area contributed by atoms with Crippen LogP contribution >= 0.6 is 11.3 Å². The maximum atomic E-state index is 13.1. The summed E-state index contributed by atoms with van der Waals surface area (Å²) in [5.74, 6) is -0.0968. The lowest BCUT2D eigenvalue weighted by molar-refractivity contribution is -0.131. The molecule has 0 N–H and O–H groups in total. The van der Waals surface area contributed by atoms with E-state index in [4.69, 9.17) is 0 Å². The number of carbonyl (C=O) groups is 1. The van der Waals surface area contributed by atoms with Gasteiger partial charge in [0.1, 0.15) is 5.82 Å². The first-order valence-corrected chi connectivity index (χ1v) is 9.97. The summed E-state index contributed by atoms with van der Waals surface area (Å²) >= 11 is 1.53. The molecule has 1 aliphatic rings. The average molecular weight is 371 g/mol. The number of rotatable bonds is 4. The molecule has 1 aliphatic carbocycles. The van der Waals surface area contributed by atoms with Crippen molar-refractivity contribution in [1.29, 1.82) is 0 Å². The Bertz CT molecular complexity index is 909. The molecule has 1 aromatic carbocycles. The fourth-order valence-electron chi connectivity index (χ4n) is 3.67. The molecule has 0 saturated heterocycles. The first-order valence-electron chi connectivity index (χ1n) is 9.09. The van der Waals surface area contributed by atoms with Crippen molar-refractivity contribution in [2.24, 2.45) is 0 Å². The summed E-state index contributed by atoms with van der Waals surface area (Å²) in [7, 11) is 1.93. The maximum absolute atomic E-state index is 13.1. The molecule has 1 fully saturated rings. The molecule has 1 saturated carbocycles. The Hall–Kier alpha value is -2.21. The molecule has 136 valence electrons. The zero-order valence-electron chi connectivity index (χ0n) is 14.8. The third-order valence-corrected chi connectivity index (χ3v) is 6.16. The van der Waals surface area contributed by atoms with Crippen LogP contribution in [0.1, 0.15) is 37.8 Å². The van der Waals surface area contributed by atoms with Crippen LogP contribution in [0.4, 0.5) is 4.39 Å². The fraction of sp³-hybridized carbons (Fsp3) is 0.400. The Morgan fingerprint density at radius 2 is 2.00 bits per heavy atom. The Balaban J connectivity index is 1.53. The van der Waals surface area contributed by atoms with E-state index >= 15 is 0 Å². The molecule has 6 heteroatoms. The van der Waals surface area contributed by atoms with E-state index < -0.39 is 0 Å². The second kappa shape index (κ2) is 7.19. The van der Waals surface area contributed by atoms with Crippen molar-refractivity contribution in [2.45, 2.75) is 44.6 Å². The van der Waals surface area contributed by atoms with Gasteiger partial charge in [-0.05, 0) is 37.1 Å². The summed E-state index contributed by atoms with van der Waals surface area (Å²) < 4.78 is 15.1. The van der Waals surface area contributed by atoms with Crippen LogP contribution in [-0.2, 0) is 11.2 Å². The van der Waals surface area contributed by atoms with Crippen molar-refractivity contribution >= 4 is 22.2 Å². The molecular weight excluding hydrogens is 349 g/mol. The molecule has 26 heavy (non-hydrogen) atoms. The van der Waals surface area contributed by atoms with Gasteiger partial charge in [0.15, 0.2) is 4.96 Å². The van der Waals surface area contributed by atoms with Crippen LogP contribution in [-0.4, -0.2) is 33.3 Å². The molecule has 2 aromatic heterocycles. The maximum Gasteiger partial charge on any atom is 0.228 e. The Labute approximate surface area is 156 Å². The highest BCUT2D eigenvalue weighted by Crippen LogP contribution is 2.26. The zero-order chi connectivity index (χ0) is 18.1. The summed E-state index contributed by atoms with van der Waals surface area (Å²) in [6.45, 7) is 0. The van der Waals surface area contributed by atoms with Gasteiger partial charge in [-0.2, -0.15) is 0 Å². The number of thiazole rings is 1. The first kappa shape index (κ1) is 17.2. The molecule has 4 nitrogen and oxygen atoms in total. The van der Waals surface area contributed by atoms with Gasteiger partial charge in [-0.1, -0.05) is 19.3 Å². The van der Waals surface area contributed by atoms with E-state index in [-0.39, 0.29) is 11.7 Å². The molecular formula is C20H22FN3OS. The number of amides is 1. The number of fused-ring (bicyclic) bond motifs is 1. The van der Waals surface area contributed by atoms with Crippen molar-refractivity contribution in [1.82, 2.24) is 14.3 Å². The average Bonchev–Trinajstić information content (AvgIpc) is 3.24. The Kier molecular flexibility index (Phi) is 4.76. The minimum atomic E-state index is -0.258. The molecule has 4 rings (SSSR count). The fourth-order valence-corrected chi connectivity index (χ4v) is 4.54. The largest absolute Gasteiger partial charge is 0.342 e. The number of likely N-dealkylation sites (N-methyl/N-ethyl adjacent to an activating group) is 1. The van der Waals surface area contributed by atoms with Gasteiger partial charge in [-0.3, -0.25) is 9.20 Å². The number of imidazole rings is 1. The number of halogens is 1. The predicted octanol–water partition coefficient (Wildman–Crippen LogP) is 4.54. The monoisotopic (exact) mass is 371 g/mol. The number of benzene rings is 1. The second-order valence-electron chi connectivity index (χ2n) is 6.99. The Morgan fingerprint density at radius 3 is 2.73 bits per heavy atom. The van der Waals surface area contributed by atoms with Gasteiger partial charge < -0.3 is 4.90 Å². The lowest BCUT2D eigenvalue weighted by atomic mass is 9.94. The van der Waals surface area contributed by atoms with Crippen LogP contribution in [0.5, 0.6) is 0 Å². The highest BCUT2D eigenvalue weighted by atomic mass is 32.1. The van der Waals surface area contributed by atoms with Crippen molar-refractivity contribution < 1.29 is 9.18 Å². The Morgan fingerprint density at radius 1 is 1.27 bits per heavy atom. The minimum absolute atomic E-state index is 0.161. The number of aromatic nitrogens is 2.